The summed E-state index contributed by atoms with van der Waals surface area (Å²) in [5.74, 6) is 0.233. The van der Waals surface area contributed by atoms with Crippen LogP contribution in [0.25, 0.3) is 0 Å². The first kappa shape index (κ1) is 22.0. The Hall–Kier alpha value is -0.0300. The molecule has 0 aromatic carbocycles. The van der Waals surface area contributed by atoms with Crippen LogP contribution in [-0.4, -0.2) is 49.6 Å². The molecule has 1 aliphatic heterocycles. The van der Waals surface area contributed by atoms with E-state index in [4.69, 9.17) is 0 Å². The molecule has 4 nitrogen and oxygen atoms in total. The minimum atomic E-state index is 0. The van der Waals surface area contributed by atoms with Crippen molar-refractivity contribution < 1.29 is 4.79 Å². The van der Waals surface area contributed by atoms with Crippen molar-refractivity contribution in [3.8, 4) is 0 Å². The molecule has 2 N–H and O–H groups in total. The van der Waals surface area contributed by atoms with E-state index in [1.54, 1.807) is 0 Å². The largest absolute Gasteiger partial charge is 0.353 e. The second kappa shape index (κ2) is 12.4. The number of carbonyl (C=O) groups is 1. The summed E-state index contributed by atoms with van der Waals surface area (Å²) >= 11 is 0. The van der Waals surface area contributed by atoms with Gasteiger partial charge in [-0.2, -0.15) is 0 Å². The Morgan fingerprint density at radius 3 is 2.27 bits per heavy atom. The van der Waals surface area contributed by atoms with Crippen molar-refractivity contribution in [2.45, 2.75) is 69.9 Å². The van der Waals surface area contributed by atoms with Gasteiger partial charge in [0.05, 0.1) is 0 Å². The molecule has 0 bridgehead atoms. The van der Waals surface area contributed by atoms with Gasteiger partial charge in [-0.05, 0) is 45.7 Å². The first-order valence-corrected chi connectivity index (χ1v) is 8.47. The Morgan fingerprint density at radius 2 is 1.68 bits per heavy atom. The Labute approximate surface area is 148 Å². The Morgan fingerprint density at radius 1 is 1.05 bits per heavy atom. The molecule has 6 heteroatoms. The summed E-state index contributed by atoms with van der Waals surface area (Å²) < 4.78 is 0. The van der Waals surface area contributed by atoms with Crippen molar-refractivity contribution in [1.82, 2.24) is 15.5 Å². The van der Waals surface area contributed by atoms with E-state index in [0.717, 1.165) is 31.8 Å². The fraction of sp³-hybridized carbons (Fsp3) is 0.938. The van der Waals surface area contributed by atoms with Crippen molar-refractivity contribution in [2.24, 2.45) is 0 Å². The van der Waals surface area contributed by atoms with Gasteiger partial charge in [0.15, 0.2) is 0 Å². The molecule has 1 heterocycles. The van der Waals surface area contributed by atoms with Crippen LogP contribution in [0.1, 0.15) is 57.8 Å². The summed E-state index contributed by atoms with van der Waals surface area (Å²) in [6.45, 7) is 3.27. The van der Waals surface area contributed by atoms with Crippen molar-refractivity contribution in [3.63, 3.8) is 0 Å². The van der Waals surface area contributed by atoms with Gasteiger partial charge in [-0.3, -0.25) is 4.79 Å². The first-order valence-electron chi connectivity index (χ1n) is 8.47. The van der Waals surface area contributed by atoms with E-state index in [-0.39, 0.29) is 30.7 Å². The smallest absolute Gasteiger partial charge is 0.220 e. The number of halogens is 2. The van der Waals surface area contributed by atoms with Crippen LogP contribution in [0.5, 0.6) is 0 Å². The third-order valence-electron chi connectivity index (χ3n) is 4.82. The van der Waals surface area contributed by atoms with Crippen LogP contribution in [-0.2, 0) is 4.79 Å². The number of rotatable bonds is 6. The Kier molecular flexibility index (Phi) is 12.4. The standard InChI is InChI=1S/C16H31N3O.2ClH/c1-17-11-5-8-16(20)18-14-9-12-19(13-10-14)15-6-3-2-4-7-15;;/h14-15,17H,2-13H2,1H3,(H,18,20);2*1H. The van der Waals surface area contributed by atoms with Gasteiger partial charge in [-0.25, -0.2) is 0 Å². The molecular weight excluding hydrogens is 321 g/mol. The highest BCUT2D eigenvalue weighted by Gasteiger charge is 2.26. The van der Waals surface area contributed by atoms with Crippen LogP contribution in [0.15, 0.2) is 0 Å². The molecule has 0 atom stereocenters. The van der Waals surface area contributed by atoms with Crippen LogP contribution in [0.2, 0.25) is 0 Å². The number of hydrogen-bond donors (Lipinski definition) is 2. The van der Waals surface area contributed by atoms with Gasteiger partial charge >= 0.3 is 0 Å². The van der Waals surface area contributed by atoms with Crippen molar-refractivity contribution in [1.29, 1.82) is 0 Å². The molecule has 1 aliphatic carbocycles. The van der Waals surface area contributed by atoms with Crippen molar-refractivity contribution in [2.75, 3.05) is 26.7 Å². The fourth-order valence-electron chi connectivity index (χ4n) is 3.58. The zero-order chi connectivity index (χ0) is 14.2. The summed E-state index contributed by atoms with van der Waals surface area (Å²) in [6.07, 6.45) is 10.9. The number of carbonyl (C=O) groups excluding carboxylic acids is 1. The average Bonchev–Trinajstić information content (AvgIpc) is 2.49. The monoisotopic (exact) mass is 353 g/mol. The number of amides is 1. The quantitative estimate of drug-likeness (QED) is 0.721. The lowest BCUT2D eigenvalue weighted by Gasteiger charge is -2.39. The van der Waals surface area contributed by atoms with Gasteiger partial charge in [-0.15, -0.1) is 24.8 Å². The lowest BCUT2D eigenvalue weighted by atomic mass is 9.92. The zero-order valence-corrected chi connectivity index (χ0v) is 15.4. The molecule has 0 unspecified atom stereocenters. The predicted molar refractivity (Wildman–Crippen MR) is 97.3 cm³/mol. The lowest BCUT2D eigenvalue weighted by Crippen LogP contribution is -2.48. The molecule has 0 aromatic heterocycles. The van der Waals surface area contributed by atoms with Crippen LogP contribution < -0.4 is 10.6 Å². The number of nitrogens with one attached hydrogen (secondary N) is 2. The molecule has 1 saturated carbocycles. The molecule has 22 heavy (non-hydrogen) atoms. The molecule has 1 amide bonds. The minimum absolute atomic E-state index is 0. The Bertz CT molecular complexity index is 291. The van der Waals surface area contributed by atoms with Gasteiger partial charge < -0.3 is 15.5 Å². The van der Waals surface area contributed by atoms with Crippen LogP contribution in [0.4, 0.5) is 0 Å². The van der Waals surface area contributed by atoms with Gasteiger partial charge in [0.25, 0.3) is 0 Å². The highest BCUT2D eigenvalue weighted by molar-refractivity contribution is 5.85. The van der Waals surface area contributed by atoms with Gasteiger partial charge in [-0.1, -0.05) is 19.3 Å². The molecule has 0 spiro atoms. The van der Waals surface area contributed by atoms with E-state index >= 15 is 0 Å². The lowest BCUT2D eigenvalue weighted by molar-refractivity contribution is -0.122. The summed E-state index contributed by atoms with van der Waals surface area (Å²) in [7, 11) is 1.93. The summed E-state index contributed by atoms with van der Waals surface area (Å²) in [6, 6.07) is 1.24. The second-order valence-corrected chi connectivity index (χ2v) is 6.38. The molecule has 0 aromatic rings. The van der Waals surface area contributed by atoms with E-state index in [1.807, 2.05) is 7.05 Å². The molecule has 132 valence electrons. The summed E-state index contributed by atoms with van der Waals surface area (Å²) in [5.41, 5.74) is 0. The van der Waals surface area contributed by atoms with E-state index in [1.165, 1.54) is 45.2 Å². The molecule has 2 aliphatic rings. The van der Waals surface area contributed by atoms with Gasteiger partial charge in [0.2, 0.25) is 5.91 Å². The van der Waals surface area contributed by atoms with E-state index in [2.05, 4.69) is 15.5 Å². The number of piperidine rings is 1. The van der Waals surface area contributed by atoms with Gasteiger partial charge in [0, 0.05) is 31.6 Å². The molecule has 2 fully saturated rings. The SMILES string of the molecule is CNCCCC(=O)NC1CCN(C2CCCCC2)CC1.Cl.Cl. The van der Waals surface area contributed by atoms with Crippen molar-refractivity contribution >= 4 is 30.7 Å². The summed E-state index contributed by atoms with van der Waals surface area (Å²) in [4.78, 5) is 14.5. The average molecular weight is 354 g/mol. The van der Waals surface area contributed by atoms with E-state index in [0.29, 0.717) is 12.5 Å². The maximum Gasteiger partial charge on any atom is 0.220 e. The Balaban J connectivity index is 0.00000220. The maximum absolute atomic E-state index is 11.8. The minimum Gasteiger partial charge on any atom is -0.353 e. The number of likely N-dealkylation sites (tertiary alicyclic amines) is 1. The van der Waals surface area contributed by atoms with Crippen LogP contribution >= 0.6 is 24.8 Å². The molecule has 0 radical (unpaired) electrons. The second-order valence-electron chi connectivity index (χ2n) is 6.38. The van der Waals surface area contributed by atoms with Crippen LogP contribution in [0.3, 0.4) is 0 Å². The zero-order valence-electron chi connectivity index (χ0n) is 13.8. The molecule has 2 rings (SSSR count). The van der Waals surface area contributed by atoms with Crippen molar-refractivity contribution in [3.05, 3.63) is 0 Å². The molecule has 1 saturated heterocycles. The van der Waals surface area contributed by atoms with Gasteiger partial charge in [0.1, 0.15) is 0 Å². The number of nitrogens with zero attached hydrogens (tertiary/aromatic N) is 1. The first-order chi connectivity index (χ1) is 9.79. The third-order valence-corrected chi connectivity index (χ3v) is 4.82. The summed E-state index contributed by atoms with van der Waals surface area (Å²) in [5, 5.41) is 6.29. The van der Waals surface area contributed by atoms with E-state index < -0.39 is 0 Å². The molecular formula is C16H33Cl2N3O. The normalized spacial score (nSPS) is 20.8. The highest BCUT2D eigenvalue weighted by atomic mass is 35.5. The third kappa shape index (κ3) is 7.49. The fourth-order valence-corrected chi connectivity index (χ4v) is 3.58. The number of hydrogen-bond acceptors (Lipinski definition) is 3. The maximum atomic E-state index is 11.8. The van der Waals surface area contributed by atoms with Crippen LogP contribution in [0, 0.1) is 0 Å². The predicted octanol–water partition coefficient (Wildman–Crippen LogP) is 2.74. The highest BCUT2D eigenvalue weighted by Crippen LogP contribution is 2.25. The topological polar surface area (TPSA) is 44.4 Å². The van der Waals surface area contributed by atoms with E-state index in [9.17, 15) is 4.79 Å².